The van der Waals surface area contributed by atoms with Crippen LogP contribution in [0.15, 0.2) is 0 Å². The van der Waals surface area contributed by atoms with Crippen molar-refractivity contribution in [3.8, 4) is 0 Å². The number of carbonyl (C=O) groups excluding carboxylic acids is 2. The number of likely N-dealkylation sites (tertiary alicyclic amines) is 1. The fourth-order valence-electron chi connectivity index (χ4n) is 2.68. The third-order valence-electron chi connectivity index (χ3n) is 3.81. The first-order valence-electron chi connectivity index (χ1n) is 6.36. The van der Waals surface area contributed by atoms with E-state index < -0.39 is 5.54 Å². The highest BCUT2D eigenvalue weighted by Crippen LogP contribution is 2.37. The third-order valence-corrected chi connectivity index (χ3v) is 4.19. The SMILES string of the molecule is CCC(CC)(C(N)=S)N1C(=O)CC(C)(C)CC1=O. The smallest absolute Gasteiger partial charge is 0.230 e. The zero-order valence-corrected chi connectivity index (χ0v) is 12.4. The first-order chi connectivity index (χ1) is 8.20. The Morgan fingerprint density at radius 3 is 1.94 bits per heavy atom. The molecule has 4 nitrogen and oxygen atoms in total. The number of amides is 2. The number of nitrogens with zero attached hydrogens (tertiary/aromatic N) is 1. The zero-order valence-electron chi connectivity index (χ0n) is 11.6. The summed E-state index contributed by atoms with van der Waals surface area (Å²) in [5.74, 6) is -0.319. The number of rotatable bonds is 4. The number of nitrogens with two attached hydrogens (primary N) is 1. The molecule has 1 fully saturated rings. The van der Waals surface area contributed by atoms with E-state index in [0.29, 0.717) is 25.7 Å². The molecule has 1 saturated heterocycles. The number of imide groups is 1. The molecule has 1 heterocycles. The lowest BCUT2D eigenvalue weighted by Gasteiger charge is -2.45. The van der Waals surface area contributed by atoms with Crippen molar-refractivity contribution in [3.63, 3.8) is 0 Å². The van der Waals surface area contributed by atoms with Crippen LogP contribution < -0.4 is 5.73 Å². The van der Waals surface area contributed by atoms with Crippen molar-refractivity contribution < 1.29 is 9.59 Å². The van der Waals surface area contributed by atoms with Crippen molar-refractivity contribution in [2.45, 2.75) is 58.9 Å². The predicted molar refractivity (Wildman–Crippen MR) is 75.0 cm³/mol. The lowest BCUT2D eigenvalue weighted by molar-refractivity contribution is -0.157. The predicted octanol–water partition coefficient (Wildman–Crippen LogP) is 2.01. The zero-order chi connectivity index (χ0) is 14.1. The molecular weight excluding hydrogens is 248 g/mol. The lowest BCUT2D eigenvalue weighted by atomic mass is 9.78. The molecule has 0 atom stereocenters. The molecule has 2 N–H and O–H groups in total. The van der Waals surface area contributed by atoms with Gasteiger partial charge in [-0.05, 0) is 18.3 Å². The minimum absolute atomic E-state index is 0.159. The summed E-state index contributed by atoms with van der Waals surface area (Å²) in [7, 11) is 0. The highest BCUT2D eigenvalue weighted by atomic mass is 32.1. The van der Waals surface area contributed by atoms with Crippen molar-refractivity contribution in [1.29, 1.82) is 0 Å². The van der Waals surface area contributed by atoms with Gasteiger partial charge in [0.05, 0.1) is 10.5 Å². The van der Waals surface area contributed by atoms with Crippen LogP contribution in [-0.4, -0.2) is 27.2 Å². The van der Waals surface area contributed by atoms with Crippen LogP contribution >= 0.6 is 12.2 Å². The quantitative estimate of drug-likeness (QED) is 0.627. The van der Waals surface area contributed by atoms with Crippen molar-refractivity contribution in [2.75, 3.05) is 0 Å². The van der Waals surface area contributed by atoms with E-state index in [-0.39, 0.29) is 22.2 Å². The van der Waals surface area contributed by atoms with Crippen LogP contribution in [0.4, 0.5) is 0 Å². The van der Waals surface area contributed by atoms with Gasteiger partial charge in [-0.1, -0.05) is 39.9 Å². The number of hydrogen-bond donors (Lipinski definition) is 1. The van der Waals surface area contributed by atoms with Gasteiger partial charge in [0, 0.05) is 12.8 Å². The van der Waals surface area contributed by atoms with Gasteiger partial charge in [-0.15, -0.1) is 0 Å². The van der Waals surface area contributed by atoms with E-state index in [1.54, 1.807) is 0 Å². The van der Waals surface area contributed by atoms with Gasteiger partial charge in [0.25, 0.3) is 0 Å². The fourth-order valence-corrected chi connectivity index (χ4v) is 3.06. The summed E-state index contributed by atoms with van der Waals surface area (Å²) in [6, 6.07) is 0. The molecule has 0 aliphatic carbocycles. The van der Waals surface area contributed by atoms with Gasteiger partial charge in [0.2, 0.25) is 11.8 Å². The molecule has 0 aromatic rings. The van der Waals surface area contributed by atoms with Gasteiger partial charge in [0.1, 0.15) is 0 Å². The molecule has 18 heavy (non-hydrogen) atoms. The Kier molecular flexibility index (Phi) is 4.15. The molecule has 0 unspecified atom stereocenters. The topological polar surface area (TPSA) is 63.4 Å². The van der Waals surface area contributed by atoms with Gasteiger partial charge in [-0.25, -0.2) is 0 Å². The monoisotopic (exact) mass is 270 g/mol. The summed E-state index contributed by atoms with van der Waals surface area (Å²) in [5.41, 5.74) is 4.74. The van der Waals surface area contributed by atoms with E-state index in [1.807, 2.05) is 27.7 Å². The van der Waals surface area contributed by atoms with Crippen molar-refractivity contribution in [3.05, 3.63) is 0 Å². The molecule has 1 aliphatic heterocycles. The third kappa shape index (κ3) is 2.41. The average molecular weight is 270 g/mol. The van der Waals surface area contributed by atoms with Crippen LogP contribution in [0, 0.1) is 5.41 Å². The van der Waals surface area contributed by atoms with E-state index >= 15 is 0 Å². The maximum absolute atomic E-state index is 12.3. The maximum Gasteiger partial charge on any atom is 0.230 e. The molecular formula is C13H22N2O2S. The van der Waals surface area contributed by atoms with Crippen LogP contribution in [0.2, 0.25) is 0 Å². The molecule has 1 aliphatic rings. The van der Waals surface area contributed by atoms with Crippen LogP contribution in [0.1, 0.15) is 53.4 Å². The van der Waals surface area contributed by atoms with Crippen LogP contribution in [0.25, 0.3) is 0 Å². The van der Waals surface area contributed by atoms with Crippen molar-refractivity contribution in [1.82, 2.24) is 4.90 Å². The molecule has 1 rings (SSSR count). The Balaban J connectivity index is 3.18. The summed E-state index contributed by atoms with van der Waals surface area (Å²) in [6.45, 7) is 7.67. The van der Waals surface area contributed by atoms with Crippen molar-refractivity contribution >= 4 is 29.0 Å². The Labute approximate surface area is 114 Å². The number of hydrogen-bond acceptors (Lipinski definition) is 3. The number of piperidine rings is 1. The van der Waals surface area contributed by atoms with Crippen LogP contribution in [-0.2, 0) is 9.59 Å². The van der Waals surface area contributed by atoms with E-state index in [0.717, 1.165) is 0 Å². The fraction of sp³-hybridized carbons (Fsp3) is 0.769. The van der Waals surface area contributed by atoms with Gasteiger partial charge < -0.3 is 5.73 Å². The molecule has 102 valence electrons. The minimum atomic E-state index is -0.792. The molecule has 0 saturated carbocycles. The standard InChI is InChI=1S/C13H22N2O2S/c1-5-13(6-2,11(14)18)15-9(16)7-12(3,4)8-10(15)17/h5-8H2,1-4H3,(H2,14,18). The summed E-state index contributed by atoms with van der Waals surface area (Å²) < 4.78 is 0. The first-order valence-corrected chi connectivity index (χ1v) is 6.77. The summed E-state index contributed by atoms with van der Waals surface area (Å²) in [6.07, 6.45) is 1.86. The van der Waals surface area contributed by atoms with Gasteiger partial charge in [-0.2, -0.15) is 0 Å². The maximum atomic E-state index is 12.3. The van der Waals surface area contributed by atoms with Crippen LogP contribution in [0.3, 0.4) is 0 Å². The number of thiocarbonyl (C=S) groups is 1. The Morgan fingerprint density at radius 2 is 1.67 bits per heavy atom. The average Bonchev–Trinajstić information content (AvgIpc) is 2.21. The van der Waals surface area contributed by atoms with Gasteiger partial charge >= 0.3 is 0 Å². The Morgan fingerprint density at radius 1 is 1.28 bits per heavy atom. The van der Waals surface area contributed by atoms with Gasteiger partial charge in [0.15, 0.2) is 0 Å². The van der Waals surface area contributed by atoms with Crippen LogP contribution in [0.5, 0.6) is 0 Å². The second kappa shape index (κ2) is 4.96. The van der Waals surface area contributed by atoms with Crippen molar-refractivity contribution in [2.24, 2.45) is 11.1 Å². The minimum Gasteiger partial charge on any atom is -0.391 e. The summed E-state index contributed by atoms with van der Waals surface area (Å²) in [5, 5.41) is 0. The largest absolute Gasteiger partial charge is 0.391 e. The molecule has 0 radical (unpaired) electrons. The molecule has 0 spiro atoms. The summed E-state index contributed by atoms with van der Waals surface area (Å²) >= 11 is 5.10. The summed E-state index contributed by atoms with van der Waals surface area (Å²) in [4.78, 5) is 26.1. The first kappa shape index (κ1) is 15.1. The van der Waals surface area contributed by atoms with E-state index in [4.69, 9.17) is 18.0 Å². The molecule has 0 aromatic heterocycles. The van der Waals surface area contributed by atoms with E-state index in [2.05, 4.69) is 0 Å². The highest BCUT2D eigenvalue weighted by Gasteiger charge is 2.48. The Bertz CT molecular complexity index is 366. The molecule has 5 heteroatoms. The van der Waals surface area contributed by atoms with E-state index in [9.17, 15) is 9.59 Å². The number of carbonyl (C=O) groups is 2. The second-order valence-corrected chi connectivity index (χ2v) is 6.18. The molecule has 2 amide bonds. The molecule has 0 aromatic carbocycles. The second-order valence-electron chi connectivity index (χ2n) is 5.74. The Hall–Kier alpha value is -0.970. The lowest BCUT2D eigenvalue weighted by Crippen LogP contribution is -2.63. The highest BCUT2D eigenvalue weighted by molar-refractivity contribution is 7.80. The normalized spacial score (nSPS) is 20.1. The van der Waals surface area contributed by atoms with E-state index in [1.165, 1.54) is 4.90 Å². The molecule has 0 bridgehead atoms. The van der Waals surface area contributed by atoms with Gasteiger partial charge in [-0.3, -0.25) is 14.5 Å².